The van der Waals surface area contributed by atoms with Crippen molar-refractivity contribution in [1.29, 1.82) is 0 Å². The van der Waals surface area contributed by atoms with Gasteiger partial charge in [-0.25, -0.2) is 4.79 Å². The molecule has 1 aliphatic rings. The lowest BCUT2D eigenvalue weighted by Crippen LogP contribution is -2.36. The third-order valence-electron chi connectivity index (χ3n) is 3.10. The summed E-state index contributed by atoms with van der Waals surface area (Å²) in [4.78, 5) is 12.0. The largest absolute Gasteiger partial charge is 0.433 e. The molecule has 1 fully saturated rings. The number of carbonyl (C=O) groups excluding carboxylic acids is 1. The highest BCUT2D eigenvalue weighted by atomic mass is 16.8. The number of cyclic esters (lactones) is 1. The van der Waals surface area contributed by atoms with E-state index in [1.807, 2.05) is 51.1 Å². The van der Waals surface area contributed by atoms with Crippen LogP contribution in [0.3, 0.4) is 0 Å². The van der Waals surface area contributed by atoms with Crippen LogP contribution in [-0.2, 0) is 20.7 Å². The smallest absolute Gasteiger partial charge is 0.340 e. The first-order valence-corrected chi connectivity index (χ1v) is 6.24. The molecule has 1 saturated heterocycles. The van der Waals surface area contributed by atoms with Gasteiger partial charge in [-0.05, 0) is 12.5 Å². The Labute approximate surface area is 108 Å². The van der Waals surface area contributed by atoms with Crippen LogP contribution in [0, 0.1) is 5.41 Å². The molecule has 18 heavy (non-hydrogen) atoms. The van der Waals surface area contributed by atoms with Gasteiger partial charge in [0.25, 0.3) is 0 Å². The minimum absolute atomic E-state index is 0.204. The fourth-order valence-electron chi connectivity index (χ4n) is 1.98. The molecule has 2 rings (SSSR count). The zero-order valence-electron chi connectivity index (χ0n) is 11.4. The van der Waals surface area contributed by atoms with Gasteiger partial charge in [0, 0.05) is 11.8 Å². The van der Waals surface area contributed by atoms with Crippen LogP contribution in [0.2, 0.25) is 0 Å². The van der Waals surface area contributed by atoms with Crippen molar-refractivity contribution in [3.63, 3.8) is 0 Å². The summed E-state index contributed by atoms with van der Waals surface area (Å²) in [5, 5.41) is 0. The zero-order valence-corrected chi connectivity index (χ0v) is 11.4. The molecule has 2 unspecified atom stereocenters. The maximum atomic E-state index is 12.0. The van der Waals surface area contributed by atoms with E-state index in [1.165, 1.54) is 0 Å². The van der Waals surface area contributed by atoms with Gasteiger partial charge >= 0.3 is 5.97 Å². The Bertz CT molecular complexity index is 433. The lowest BCUT2D eigenvalue weighted by molar-refractivity contribution is -0.155. The van der Waals surface area contributed by atoms with Crippen LogP contribution >= 0.6 is 0 Å². The SMILES string of the molecule is CC1(Cc2ccccc2)OC(C(C)(C)C)OC1=O. The maximum absolute atomic E-state index is 12.0. The van der Waals surface area contributed by atoms with Gasteiger partial charge in [0.15, 0.2) is 5.60 Å². The average Bonchev–Trinajstić information content (AvgIpc) is 2.56. The molecule has 0 radical (unpaired) electrons. The number of rotatable bonds is 2. The quantitative estimate of drug-likeness (QED) is 0.755. The van der Waals surface area contributed by atoms with E-state index in [9.17, 15) is 4.79 Å². The van der Waals surface area contributed by atoms with Crippen molar-refractivity contribution >= 4 is 5.97 Å². The maximum Gasteiger partial charge on any atom is 0.340 e. The molecule has 2 atom stereocenters. The summed E-state index contributed by atoms with van der Waals surface area (Å²) in [6, 6.07) is 9.86. The van der Waals surface area contributed by atoms with E-state index in [0.29, 0.717) is 6.42 Å². The van der Waals surface area contributed by atoms with Crippen molar-refractivity contribution in [2.75, 3.05) is 0 Å². The van der Waals surface area contributed by atoms with Crippen molar-refractivity contribution in [2.45, 2.75) is 46.0 Å². The third-order valence-corrected chi connectivity index (χ3v) is 3.10. The minimum Gasteiger partial charge on any atom is -0.433 e. The number of benzene rings is 1. The van der Waals surface area contributed by atoms with Crippen molar-refractivity contribution in [2.24, 2.45) is 5.41 Å². The van der Waals surface area contributed by atoms with Crippen LogP contribution < -0.4 is 0 Å². The van der Waals surface area contributed by atoms with Gasteiger partial charge in [0.05, 0.1) is 0 Å². The first-order chi connectivity index (χ1) is 8.31. The number of carbonyl (C=O) groups is 1. The Morgan fingerprint density at radius 2 is 1.83 bits per heavy atom. The number of esters is 1. The standard InChI is InChI=1S/C15H20O3/c1-14(2,3)13-17-12(16)15(4,18-13)10-11-8-6-5-7-9-11/h5-9,13H,10H2,1-4H3. The predicted molar refractivity (Wildman–Crippen MR) is 69.0 cm³/mol. The van der Waals surface area contributed by atoms with Crippen LogP contribution in [0.4, 0.5) is 0 Å². The van der Waals surface area contributed by atoms with E-state index < -0.39 is 11.9 Å². The van der Waals surface area contributed by atoms with Gasteiger partial charge < -0.3 is 9.47 Å². The third kappa shape index (κ3) is 2.56. The zero-order chi connectivity index (χ0) is 13.4. The molecule has 0 bridgehead atoms. The molecule has 1 aromatic carbocycles. The lowest BCUT2D eigenvalue weighted by Gasteiger charge is -2.26. The average molecular weight is 248 g/mol. The topological polar surface area (TPSA) is 35.5 Å². The Morgan fingerprint density at radius 1 is 1.22 bits per heavy atom. The van der Waals surface area contributed by atoms with Gasteiger partial charge in [0.1, 0.15) is 0 Å². The lowest BCUT2D eigenvalue weighted by atomic mass is 9.95. The first-order valence-electron chi connectivity index (χ1n) is 6.24. The molecule has 0 amide bonds. The number of hydrogen-bond donors (Lipinski definition) is 0. The molecule has 0 aromatic heterocycles. The predicted octanol–water partition coefficient (Wildman–Crippen LogP) is 2.93. The molecule has 98 valence electrons. The van der Waals surface area contributed by atoms with E-state index >= 15 is 0 Å². The normalized spacial score (nSPS) is 28.2. The van der Waals surface area contributed by atoms with E-state index in [-0.39, 0.29) is 11.4 Å². The summed E-state index contributed by atoms with van der Waals surface area (Å²) in [6.45, 7) is 7.80. The van der Waals surface area contributed by atoms with E-state index in [1.54, 1.807) is 6.92 Å². The van der Waals surface area contributed by atoms with Gasteiger partial charge in [-0.1, -0.05) is 51.1 Å². The van der Waals surface area contributed by atoms with Gasteiger partial charge in [-0.15, -0.1) is 0 Å². The summed E-state index contributed by atoms with van der Waals surface area (Å²) >= 11 is 0. The van der Waals surface area contributed by atoms with E-state index in [4.69, 9.17) is 9.47 Å². The van der Waals surface area contributed by atoms with Crippen LogP contribution in [0.1, 0.15) is 33.3 Å². The molecule has 1 aliphatic heterocycles. The summed E-state index contributed by atoms with van der Waals surface area (Å²) < 4.78 is 11.2. The van der Waals surface area contributed by atoms with E-state index in [2.05, 4.69) is 0 Å². The Balaban J connectivity index is 2.15. The van der Waals surface area contributed by atoms with Crippen LogP contribution in [0.15, 0.2) is 30.3 Å². The highest BCUT2D eigenvalue weighted by Crippen LogP contribution is 2.36. The summed E-state index contributed by atoms with van der Waals surface area (Å²) in [5.41, 5.74) is -0.00448. The monoisotopic (exact) mass is 248 g/mol. The van der Waals surface area contributed by atoms with Gasteiger partial charge in [-0.2, -0.15) is 0 Å². The second kappa shape index (κ2) is 4.39. The molecule has 1 aromatic rings. The van der Waals surface area contributed by atoms with Crippen molar-refractivity contribution in [1.82, 2.24) is 0 Å². The summed E-state index contributed by atoms with van der Waals surface area (Å²) in [6.07, 6.45) is 0.0675. The highest BCUT2D eigenvalue weighted by molar-refractivity contribution is 5.81. The second-order valence-corrected chi connectivity index (χ2v) is 6.11. The minimum atomic E-state index is -0.876. The van der Waals surface area contributed by atoms with Crippen molar-refractivity contribution in [3.05, 3.63) is 35.9 Å². The fraction of sp³-hybridized carbons (Fsp3) is 0.533. The van der Waals surface area contributed by atoms with Crippen molar-refractivity contribution < 1.29 is 14.3 Å². The fourth-order valence-corrected chi connectivity index (χ4v) is 1.98. The molecule has 3 nitrogen and oxygen atoms in total. The molecule has 1 heterocycles. The Kier molecular flexibility index (Phi) is 3.20. The van der Waals surface area contributed by atoms with Gasteiger partial charge in [0.2, 0.25) is 6.29 Å². The highest BCUT2D eigenvalue weighted by Gasteiger charge is 2.50. The van der Waals surface area contributed by atoms with Crippen LogP contribution in [0.25, 0.3) is 0 Å². The molecule has 0 N–H and O–H groups in total. The first kappa shape index (κ1) is 13.1. The molecular formula is C15H20O3. The van der Waals surface area contributed by atoms with E-state index in [0.717, 1.165) is 5.56 Å². The van der Waals surface area contributed by atoms with Gasteiger partial charge in [-0.3, -0.25) is 0 Å². The Hall–Kier alpha value is -1.35. The Morgan fingerprint density at radius 3 is 2.33 bits per heavy atom. The summed E-state index contributed by atoms with van der Waals surface area (Å²) in [7, 11) is 0. The molecule has 0 saturated carbocycles. The molecule has 3 heteroatoms. The number of ether oxygens (including phenoxy) is 2. The molecular weight excluding hydrogens is 228 g/mol. The van der Waals surface area contributed by atoms with Crippen LogP contribution in [0.5, 0.6) is 0 Å². The van der Waals surface area contributed by atoms with Crippen LogP contribution in [-0.4, -0.2) is 17.9 Å². The van der Waals surface area contributed by atoms with Crippen molar-refractivity contribution in [3.8, 4) is 0 Å². The number of hydrogen-bond acceptors (Lipinski definition) is 3. The molecule has 0 spiro atoms. The second-order valence-electron chi connectivity index (χ2n) is 6.11. The summed E-state index contributed by atoms with van der Waals surface area (Å²) in [5.74, 6) is -0.272. The molecule has 0 aliphatic carbocycles.